The van der Waals surface area contributed by atoms with E-state index in [0.29, 0.717) is 29.1 Å². The second kappa shape index (κ2) is 7.13. The van der Waals surface area contributed by atoms with Gasteiger partial charge in [0.2, 0.25) is 0 Å². The van der Waals surface area contributed by atoms with Gasteiger partial charge in [-0.15, -0.1) is 11.3 Å². The predicted octanol–water partition coefficient (Wildman–Crippen LogP) is 3.63. The summed E-state index contributed by atoms with van der Waals surface area (Å²) in [5.74, 6) is 0. The van der Waals surface area contributed by atoms with E-state index in [9.17, 15) is 9.59 Å². The van der Waals surface area contributed by atoms with Crippen LogP contribution in [0.4, 0.5) is 4.79 Å². The van der Waals surface area contributed by atoms with Crippen molar-refractivity contribution in [2.24, 2.45) is 0 Å². The number of nitrogens with one attached hydrogen (secondary N) is 2. The molecule has 138 valence electrons. The maximum atomic E-state index is 12.3. The minimum absolute atomic E-state index is 0.244. The lowest BCUT2D eigenvalue weighted by molar-refractivity contribution is 0.0526. The summed E-state index contributed by atoms with van der Waals surface area (Å²) in [4.78, 5) is 31.8. The van der Waals surface area contributed by atoms with Crippen molar-refractivity contribution < 1.29 is 9.53 Å². The minimum Gasteiger partial charge on any atom is -0.444 e. The van der Waals surface area contributed by atoms with Crippen LogP contribution >= 0.6 is 22.9 Å². The molecule has 7 nitrogen and oxygen atoms in total. The van der Waals surface area contributed by atoms with Crippen molar-refractivity contribution in [2.45, 2.75) is 32.9 Å². The van der Waals surface area contributed by atoms with E-state index in [1.54, 1.807) is 26.8 Å². The van der Waals surface area contributed by atoms with Gasteiger partial charge in [0.15, 0.2) is 0 Å². The molecular weight excluding hydrogens is 376 g/mol. The second-order valence-electron chi connectivity index (χ2n) is 6.67. The van der Waals surface area contributed by atoms with Crippen molar-refractivity contribution >= 4 is 40.1 Å². The Morgan fingerprint density at radius 1 is 1.46 bits per heavy atom. The van der Waals surface area contributed by atoms with Crippen LogP contribution < -0.4 is 10.9 Å². The molecule has 0 aromatic carbocycles. The maximum Gasteiger partial charge on any atom is 0.407 e. The van der Waals surface area contributed by atoms with Crippen molar-refractivity contribution in [3.05, 3.63) is 39.2 Å². The number of aromatic nitrogens is 3. The number of H-pyrrole nitrogens is 1. The number of halogens is 1. The van der Waals surface area contributed by atoms with Gasteiger partial charge in [-0.1, -0.05) is 11.6 Å². The molecular formula is C17H19ClN4O3S. The quantitative estimate of drug-likeness (QED) is 0.707. The molecule has 0 atom stereocenters. The van der Waals surface area contributed by atoms with Crippen LogP contribution in [0.3, 0.4) is 0 Å². The van der Waals surface area contributed by atoms with E-state index in [-0.39, 0.29) is 5.56 Å². The molecule has 26 heavy (non-hydrogen) atoms. The van der Waals surface area contributed by atoms with Gasteiger partial charge in [0, 0.05) is 13.1 Å². The van der Waals surface area contributed by atoms with Crippen molar-refractivity contribution in [2.75, 3.05) is 6.54 Å². The normalized spacial score (nSPS) is 11.7. The first-order valence-electron chi connectivity index (χ1n) is 8.03. The van der Waals surface area contributed by atoms with Crippen molar-refractivity contribution in [1.29, 1.82) is 0 Å². The molecule has 3 aromatic heterocycles. The summed E-state index contributed by atoms with van der Waals surface area (Å²) in [6.07, 6.45) is 0.866. The average Bonchev–Trinajstić information content (AvgIpc) is 3.10. The highest BCUT2D eigenvalue weighted by molar-refractivity contribution is 7.14. The topological polar surface area (TPSA) is 89.0 Å². The highest BCUT2D eigenvalue weighted by Gasteiger charge is 2.19. The number of nitrogens with zero attached hydrogens (tertiary/aromatic N) is 2. The van der Waals surface area contributed by atoms with Crippen LogP contribution in [0.25, 0.3) is 21.6 Å². The zero-order valence-electron chi connectivity index (χ0n) is 14.6. The Labute approximate surface area is 159 Å². The Morgan fingerprint density at radius 2 is 2.23 bits per heavy atom. The highest BCUT2D eigenvalue weighted by Crippen LogP contribution is 2.35. The molecule has 0 spiro atoms. The Hall–Kier alpha value is -2.32. The van der Waals surface area contributed by atoms with E-state index in [4.69, 9.17) is 16.3 Å². The van der Waals surface area contributed by atoms with Crippen LogP contribution in [-0.4, -0.2) is 32.8 Å². The summed E-state index contributed by atoms with van der Waals surface area (Å²) in [6.45, 7) is 6.07. The van der Waals surface area contributed by atoms with Gasteiger partial charge < -0.3 is 19.6 Å². The maximum absolute atomic E-state index is 12.3. The number of rotatable bonds is 4. The van der Waals surface area contributed by atoms with E-state index in [0.717, 1.165) is 10.6 Å². The Balaban J connectivity index is 1.90. The lowest BCUT2D eigenvalue weighted by atomic mass is 10.2. The van der Waals surface area contributed by atoms with Gasteiger partial charge in [-0.2, -0.15) is 0 Å². The number of alkyl carbamates (subject to hydrolysis) is 1. The van der Waals surface area contributed by atoms with Gasteiger partial charge in [0.25, 0.3) is 5.56 Å². The highest BCUT2D eigenvalue weighted by atomic mass is 35.5. The minimum atomic E-state index is -0.568. The van der Waals surface area contributed by atoms with Crippen LogP contribution in [-0.2, 0) is 11.3 Å². The molecule has 0 saturated heterocycles. The second-order valence-corrected chi connectivity index (χ2v) is 8.00. The fraction of sp³-hybridized carbons (Fsp3) is 0.353. The number of amides is 1. The summed E-state index contributed by atoms with van der Waals surface area (Å²) < 4.78 is 7.05. The first-order chi connectivity index (χ1) is 12.3. The summed E-state index contributed by atoms with van der Waals surface area (Å²) >= 11 is 7.75. The lowest BCUT2D eigenvalue weighted by Gasteiger charge is -2.20. The van der Waals surface area contributed by atoms with Gasteiger partial charge in [0.1, 0.15) is 11.1 Å². The van der Waals surface area contributed by atoms with E-state index in [1.807, 2.05) is 16.0 Å². The fourth-order valence-electron chi connectivity index (χ4n) is 2.58. The van der Waals surface area contributed by atoms with Gasteiger partial charge in [0.05, 0.1) is 27.4 Å². The lowest BCUT2D eigenvalue weighted by Crippen LogP contribution is -2.34. The molecule has 9 heteroatoms. The van der Waals surface area contributed by atoms with E-state index >= 15 is 0 Å². The molecule has 0 aliphatic heterocycles. The summed E-state index contributed by atoms with van der Waals surface area (Å²) in [7, 11) is 0. The molecule has 0 fully saturated rings. The van der Waals surface area contributed by atoms with Crippen molar-refractivity contribution in [3.63, 3.8) is 0 Å². The first kappa shape index (κ1) is 18.5. The predicted molar refractivity (Wildman–Crippen MR) is 103 cm³/mol. The van der Waals surface area contributed by atoms with Gasteiger partial charge in [-0.3, -0.25) is 4.79 Å². The fourth-order valence-corrected chi connectivity index (χ4v) is 3.76. The molecule has 0 unspecified atom stereocenters. The van der Waals surface area contributed by atoms with E-state index < -0.39 is 11.7 Å². The number of hydrogen-bond acceptors (Lipinski definition) is 5. The van der Waals surface area contributed by atoms with Crippen LogP contribution in [0.15, 0.2) is 28.6 Å². The number of thiophene rings is 1. The van der Waals surface area contributed by atoms with Gasteiger partial charge in [-0.05, 0) is 38.3 Å². The zero-order valence-corrected chi connectivity index (χ0v) is 16.2. The van der Waals surface area contributed by atoms with Crippen LogP contribution in [0.1, 0.15) is 20.8 Å². The number of hydrogen-bond donors (Lipinski definition) is 2. The average molecular weight is 395 g/mol. The van der Waals surface area contributed by atoms with Crippen LogP contribution in [0.5, 0.6) is 0 Å². The molecule has 0 aliphatic carbocycles. The smallest absolute Gasteiger partial charge is 0.407 e. The molecule has 0 saturated carbocycles. The third kappa shape index (κ3) is 3.91. The molecule has 3 heterocycles. The number of ether oxygens (including phenoxy) is 1. The Morgan fingerprint density at radius 3 is 2.88 bits per heavy atom. The Bertz CT molecular complexity index is 1000. The standard InChI is InChI=1S/C17H19ClN4O3S/c1-17(2,3)25-16(24)19-5-6-22-12(14-10(18)4-7-26-14)8-11-13(22)15(23)21-9-20-11/h4,7-9H,5-6H2,1-3H3,(H,19,24)(H,20,21,23). The number of carbonyl (C=O) groups excluding carboxylic acids is 1. The molecule has 0 radical (unpaired) electrons. The summed E-state index contributed by atoms with van der Waals surface area (Å²) in [6, 6.07) is 3.63. The summed E-state index contributed by atoms with van der Waals surface area (Å²) in [5.41, 5.74) is 0.992. The number of carbonyl (C=O) groups is 1. The van der Waals surface area contributed by atoms with E-state index in [1.165, 1.54) is 17.7 Å². The van der Waals surface area contributed by atoms with Crippen LogP contribution in [0.2, 0.25) is 5.02 Å². The molecule has 2 N–H and O–H groups in total. The third-order valence-corrected chi connectivity index (χ3v) is 4.91. The monoisotopic (exact) mass is 394 g/mol. The third-order valence-electron chi connectivity index (χ3n) is 3.54. The SMILES string of the molecule is CC(C)(C)OC(=O)NCCn1c(-c2sccc2Cl)cc2nc[nH]c(=O)c21. The number of fused-ring (bicyclic) bond motifs is 1. The molecule has 0 bridgehead atoms. The van der Waals surface area contributed by atoms with Gasteiger partial charge >= 0.3 is 6.09 Å². The van der Waals surface area contributed by atoms with Crippen LogP contribution in [0, 0.1) is 0 Å². The first-order valence-corrected chi connectivity index (χ1v) is 9.29. The Kier molecular flexibility index (Phi) is 5.06. The molecule has 1 amide bonds. The zero-order chi connectivity index (χ0) is 18.9. The largest absolute Gasteiger partial charge is 0.444 e. The van der Waals surface area contributed by atoms with Gasteiger partial charge in [-0.25, -0.2) is 9.78 Å². The van der Waals surface area contributed by atoms with Crippen molar-refractivity contribution in [3.8, 4) is 10.6 Å². The summed E-state index contributed by atoms with van der Waals surface area (Å²) in [5, 5.41) is 5.20. The van der Waals surface area contributed by atoms with Crippen molar-refractivity contribution in [1.82, 2.24) is 19.9 Å². The van der Waals surface area contributed by atoms with E-state index in [2.05, 4.69) is 15.3 Å². The molecule has 3 aromatic rings. The molecule has 0 aliphatic rings. The molecule has 3 rings (SSSR count). The number of aromatic amines is 1.